The summed E-state index contributed by atoms with van der Waals surface area (Å²) in [5, 5.41) is 13.4. The van der Waals surface area contributed by atoms with Gasteiger partial charge in [0, 0.05) is 23.4 Å². The fraction of sp³-hybridized carbons (Fsp3) is 0.100. The van der Waals surface area contributed by atoms with Gasteiger partial charge in [-0.25, -0.2) is 13.9 Å². The Hall–Kier alpha value is -3.41. The molecule has 0 spiro atoms. The molecule has 1 aromatic heterocycles. The van der Waals surface area contributed by atoms with Crippen molar-refractivity contribution in [1.82, 2.24) is 9.78 Å². The number of ether oxygens (including phenoxy) is 1. The van der Waals surface area contributed by atoms with E-state index in [2.05, 4.69) is 5.10 Å². The third-order valence-electron chi connectivity index (χ3n) is 3.67. The molecule has 0 radical (unpaired) electrons. The molecule has 0 saturated heterocycles. The van der Waals surface area contributed by atoms with Crippen molar-refractivity contribution in [1.29, 1.82) is 0 Å². The summed E-state index contributed by atoms with van der Waals surface area (Å²) in [4.78, 5) is 10.9. The Morgan fingerprint density at radius 1 is 1.27 bits per heavy atom. The molecular formula is C20H17FN2O3. The van der Waals surface area contributed by atoms with Crippen molar-refractivity contribution in [2.75, 3.05) is 6.61 Å². The van der Waals surface area contributed by atoms with E-state index >= 15 is 0 Å². The highest BCUT2D eigenvalue weighted by Crippen LogP contribution is 2.28. The SMILES string of the molecule is CCOc1ccc(-c2nn(-c3ccccc3)cc2/C=C/C(=O)O)cc1F. The Morgan fingerprint density at radius 2 is 2.04 bits per heavy atom. The first-order valence-electron chi connectivity index (χ1n) is 8.07. The van der Waals surface area contributed by atoms with Gasteiger partial charge in [0.2, 0.25) is 0 Å². The second-order valence-electron chi connectivity index (χ2n) is 5.46. The smallest absolute Gasteiger partial charge is 0.328 e. The van der Waals surface area contributed by atoms with E-state index in [1.165, 1.54) is 12.1 Å². The largest absolute Gasteiger partial charge is 0.491 e. The Balaban J connectivity index is 2.08. The average molecular weight is 352 g/mol. The quantitative estimate of drug-likeness (QED) is 0.676. The van der Waals surface area contributed by atoms with Gasteiger partial charge in [-0.2, -0.15) is 5.10 Å². The van der Waals surface area contributed by atoms with Gasteiger partial charge in [0.05, 0.1) is 12.3 Å². The maximum absolute atomic E-state index is 14.2. The van der Waals surface area contributed by atoms with E-state index in [0.717, 1.165) is 11.8 Å². The molecule has 0 bridgehead atoms. The van der Waals surface area contributed by atoms with Crippen molar-refractivity contribution in [3.63, 3.8) is 0 Å². The van der Waals surface area contributed by atoms with Gasteiger partial charge in [-0.05, 0) is 43.3 Å². The summed E-state index contributed by atoms with van der Waals surface area (Å²) in [5.41, 5.74) is 2.40. The molecule has 0 unspecified atom stereocenters. The predicted molar refractivity (Wildman–Crippen MR) is 96.8 cm³/mol. The van der Waals surface area contributed by atoms with Crippen molar-refractivity contribution < 1.29 is 19.0 Å². The zero-order valence-corrected chi connectivity index (χ0v) is 14.1. The number of halogens is 1. The van der Waals surface area contributed by atoms with E-state index in [4.69, 9.17) is 9.84 Å². The molecule has 5 nitrogen and oxygen atoms in total. The molecule has 1 N–H and O–H groups in total. The van der Waals surface area contributed by atoms with Crippen LogP contribution in [0, 0.1) is 5.82 Å². The highest BCUT2D eigenvalue weighted by molar-refractivity contribution is 5.87. The lowest BCUT2D eigenvalue weighted by Gasteiger charge is -2.06. The zero-order valence-electron chi connectivity index (χ0n) is 14.1. The summed E-state index contributed by atoms with van der Waals surface area (Å²) in [5.74, 6) is -1.39. The minimum absolute atomic E-state index is 0.168. The number of hydrogen-bond donors (Lipinski definition) is 1. The van der Waals surface area contributed by atoms with Gasteiger partial charge in [-0.15, -0.1) is 0 Å². The number of benzene rings is 2. The molecule has 3 aromatic rings. The number of rotatable bonds is 6. The van der Waals surface area contributed by atoms with Crippen molar-refractivity contribution >= 4 is 12.0 Å². The van der Waals surface area contributed by atoms with Gasteiger partial charge in [0.25, 0.3) is 0 Å². The second kappa shape index (κ2) is 7.65. The van der Waals surface area contributed by atoms with E-state index < -0.39 is 11.8 Å². The third-order valence-corrected chi connectivity index (χ3v) is 3.67. The lowest BCUT2D eigenvalue weighted by atomic mass is 10.1. The molecule has 0 fully saturated rings. The van der Waals surface area contributed by atoms with Crippen molar-refractivity contribution in [2.45, 2.75) is 6.92 Å². The van der Waals surface area contributed by atoms with Crippen molar-refractivity contribution in [3.05, 3.63) is 72.2 Å². The van der Waals surface area contributed by atoms with Crippen LogP contribution in [0.1, 0.15) is 12.5 Å². The molecular weight excluding hydrogens is 335 g/mol. The maximum Gasteiger partial charge on any atom is 0.328 e. The summed E-state index contributed by atoms with van der Waals surface area (Å²) in [7, 11) is 0. The Bertz CT molecular complexity index is 949. The monoisotopic (exact) mass is 352 g/mol. The van der Waals surface area contributed by atoms with E-state index in [1.807, 2.05) is 30.3 Å². The van der Waals surface area contributed by atoms with Crippen molar-refractivity contribution in [3.8, 4) is 22.7 Å². The van der Waals surface area contributed by atoms with Gasteiger partial charge in [-0.1, -0.05) is 18.2 Å². The number of nitrogens with zero attached hydrogens (tertiary/aromatic N) is 2. The second-order valence-corrected chi connectivity index (χ2v) is 5.46. The van der Waals surface area contributed by atoms with Crippen LogP contribution in [0.3, 0.4) is 0 Å². The molecule has 0 atom stereocenters. The van der Waals surface area contributed by atoms with E-state index in [1.54, 1.807) is 29.9 Å². The number of carbonyl (C=O) groups is 1. The van der Waals surface area contributed by atoms with Crippen LogP contribution in [0.15, 0.2) is 60.8 Å². The molecule has 0 aliphatic rings. The number of para-hydroxylation sites is 1. The third kappa shape index (κ3) is 3.80. The Morgan fingerprint density at radius 3 is 2.69 bits per heavy atom. The minimum atomic E-state index is -1.07. The number of aliphatic carboxylic acids is 1. The summed E-state index contributed by atoms with van der Waals surface area (Å²) in [6, 6.07) is 14.0. The highest BCUT2D eigenvalue weighted by atomic mass is 19.1. The number of aromatic nitrogens is 2. The van der Waals surface area contributed by atoms with Gasteiger partial charge >= 0.3 is 5.97 Å². The molecule has 3 rings (SSSR count). The normalized spacial score (nSPS) is 11.0. The first-order valence-corrected chi connectivity index (χ1v) is 8.07. The van der Waals surface area contributed by atoms with Crippen LogP contribution in [0.25, 0.3) is 23.0 Å². The lowest BCUT2D eigenvalue weighted by Crippen LogP contribution is -1.96. The molecule has 6 heteroatoms. The zero-order chi connectivity index (χ0) is 18.5. The summed E-state index contributed by atoms with van der Waals surface area (Å²) < 4.78 is 21.1. The molecule has 0 amide bonds. The van der Waals surface area contributed by atoms with Gasteiger partial charge < -0.3 is 9.84 Å². The average Bonchev–Trinajstić information content (AvgIpc) is 3.07. The number of carboxylic acid groups (broad SMARTS) is 1. The molecule has 132 valence electrons. The maximum atomic E-state index is 14.2. The standard InChI is InChI=1S/C20H17FN2O3/c1-2-26-18-10-8-14(12-17(18)21)20-15(9-11-19(24)25)13-23(22-20)16-6-4-3-5-7-16/h3-13H,2H2,1H3,(H,24,25)/b11-9+. The van der Waals surface area contributed by atoms with Crippen LogP contribution in [-0.2, 0) is 4.79 Å². The van der Waals surface area contributed by atoms with Gasteiger partial charge in [0.15, 0.2) is 11.6 Å². The molecule has 0 saturated carbocycles. The van der Waals surface area contributed by atoms with Crippen LogP contribution < -0.4 is 4.74 Å². The van der Waals surface area contributed by atoms with E-state index in [0.29, 0.717) is 23.4 Å². The minimum Gasteiger partial charge on any atom is -0.491 e. The first-order chi connectivity index (χ1) is 12.6. The summed E-state index contributed by atoms with van der Waals surface area (Å²) in [6.45, 7) is 2.15. The number of carboxylic acids is 1. The molecule has 26 heavy (non-hydrogen) atoms. The van der Waals surface area contributed by atoms with E-state index in [-0.39, 0.29) is 5.75 Å². The summed E-state index contributed by atoms with van der Waals surface area (Å²) in [6.07, 6.45) is 4.18. The van der Waals surface area contributed by atoms with Gasteiger partial charge in [0.1, 0.15) is 5.69 Å². The highest BCUT2D eigenvalue weighted by Gasteiger charge is 2.13. The lowest BCUT2D eigenvalue weighted by molar-refractivity contribution is -0.131. The summed E-state index contributed by atoms with van der Waals surface area (Å²) >= 11 is 0. The first kappa shape index (κ1) is 17.4. The Kier molecular flexibility index (Phi) is 5.12. The van der Waals surface area contributed by atoms with Crippen LogP contribution in [0.2, 0.25) is 0 Å². The van der Waals surface area contributed by atoms with E-state index in [9.17, 15) is 9.18 Å². The Labute approximate surface area is 150 Å². The van der Waals surface area contributed by atoms with Crippen LogP contribution in [-0.4, -0.2) is 27.5 Å². The molecule has 0 aliphatic heterocycles. The molecule has 0 aliphatic carbocycles. The van der Waals surface area contributed by atoms with Crippen LogP contribution >= 0.6 is 0 Å². The van der Waals surface area contributed by atoms with Crippen LogP contribution in [0.4, 0.5) is 4.39 Å². The topological polar surface area (TPSA) is 64.4 Å². The fourth-order valence-corrected chi connectivity index (χ4v) is 2.53. The van der Waals surface area contributed by atoms with Crippen molar-refractivity contribution in [2.24, 2.45) is 0 Å². The predicted octanol–water partition coefficient (Wildman–Crippen LogP) is 4.17. The fourth-order valence-electron chi connectivity index (χ4n) is 2.53. The molecule has 2 aromatic carbocycles. The molecule has 1 heterocycles. The van der Waals surface area contributed by atoms with Crippen LogP contribution in [0.5, 0.6) is 5.75 Å². The number of hydrogen-bond acceptors (Lipinski definition) is 3. The van der Waals surface area contributed by atoms with Gasteiger partial charge in [-0.3, -0.25) is 0 Å².